The van der Waals surface area contributed by atoms with Gasteiger partial charge in [0, 0.05) is 25.7 Å². The molecule has 0 aliphatic carbocycles. The van der Waals surface area contributed by atoms with Crippen molar-refractivity contribution in [3.05, 3.63) is 0 Å². The second-order valence-electron chi connectivity index (χ2n) is 14.9. The van der Waals surface area contributed by atoms with Crippen molar-refractivity contribution in [2.75, 3.05) is 13.2 Å². The molecule has 0 unspecified atom stereocenters. The molecule has 0 aromatic rings. The topological polar surface area (TPSA) is 96.0 Å². The zero-order valence-electron chi connectivity index (χ0n) is 33.7. The predicted octanol–water partition coefficient (Wildman–Crippen LogP) is 13.2. The van der Waals surface area contributed by atoms with E-state index in [-0.39, 0.29) is 38.0 Å². The molecule has 7 nitrogen and oxygen atoms in total. The molecule has 0 bridgehead atoms. The van der Waals surface area contributed by atoms with Crippen LogP contribution in [-0.4, -0.2) is 37.1 Å². The van der Waals surface area contributed by atoms with Gasteiger partial charge < -0.3 is 14.2 Å². The van der Waals surface area contributed by atoms with Crippen LogP contribution in [0.5, 0.6) is 0 Å². The van der Waals surface area contributed by atoms with E-state index in [1.165, 1.54) is 154 Å². The van der Waals surface area contributed by atoms with Crippen molar-refractivity contribution < 1.29 is 33.4 Å². The van der Waals surface area contributed by atoms with E-state index in [0.717, 1.165) is 38.5 Å². The minimum Gasteiger partial charge on any atom is -0.466 e. The Morgan fingerprint density at radius 2 is 0.490 bits per heavy atom. The molecule has 0 atom stereocenters. The van der Waals surface area contributed by atoms with Crippen molar-refractivity contribution in [3.63, 3.8) is 0 Å². The molecule has 0 heterocycles. The lowest BCUT2D eigenvalue weighted by atomic mass is 10.0. The number of carbonyl (C=O) groups is 4. The van der Waals surface area contributed by atoms with Crippen molar-refractivity contribution in [1.82, 2.24) is 0 Å². The van der Waals surface area contributed by atoms with Crippen molar-refractivity contribution in [3.8, 4) is 0 Å². The minimum atomic E-state index is -0.622. The Hall–Kier alpha value is -1.92. The molecule has 0 rings (SSSR count). The molecule has 0 saturated heterocycles. The Kier molecular flexibility index (Phi) is 39.3. The highest BCUT2D eigenvalue weighted by atomic mass is 16.6. The average Bonchev–Trinajstić information content (AvgIpc) is 3.12. The van der Waals surface area contributed by atoms with Crippen molar-refractivity contribution in [2.24, 2.45) is 0 Å². The lowest BCUT2D eigenvalue weighted by Gasteiger charge is -2.06. The third-order valence-corrected chi connectivity index (χ3v) is 9.77. The Balaban J connectivity index is 3.44. The molecule has 0 aromatic carbocycles. The molecule has 0 fully saturated rings. The van der Waals surface area contributed by atoms with E-state index in [2.05, 4.69) is 13.8 Å². The van der Waals surface area contributed by atoms with Gasteiger partial charge in [0.25, 0.3) is 0 Å². The molecular weight excluding hydrogens is 640 g/mol. The fourth-order valence-electron chi connectivity index (χ4n) is 6.46. The van der Waals surface area contributed by atoms with Crippen LogP contribution in [0, 0.1) is 0 Å². The van der Waals surface area contributed by atoms with Gasteiger partial charge in [-0.25, -0.2) is 0 Å². The molecule has 51 heavy (non-hydrogen) atoms. The first-order chi connectivity index (χ1) is 25.0. The maximum absolute atomic E-state index is 11.9. The molecule has 0 N–H and O–H groups in total. The van der Waals surface area contributed by atoms with Crippen molar-refractivity contribution in [1.29, 1.82) is 0 Å². The third kappa shape index (κ3) is 40.7. The van der Waals surface area contributed by atoms with Crippen LogP contribution in [0.2, 0.25) is 0 Å². The summed E-state index contributed by atoms with van der Waals surface area (Å²) in [4.78, 5) is 47.7. The smallest absolute Gasteiger partial charge is 0.313 e. The summed E-state index contributed by atoms with van der Waals surface area (Å²) in [6.07, 6.45) is 40.0. The molecule has 0 aliphatic rings. The van der Waals surface area contributed by atoms with E-state index >= 15 is 0 Å². The molecule has 0 radical (unpaired) electrons. The first-order valence-electron chi connectivity index (χ1n) is 22.0. The van der Waals surface area contributed by atoms with E-state index in [4.69, 9.17) is 14.2 Å². The summed E-state index contributed by atoms with van der Waals surface area (Å²) in [5, 5.41) is 0. The Morgan fingerprint density at radius 3 is 0.745 bits per heavy atom. The number of ether oxygens (including phenoxy) is 3. The van der Waals surface area contributed by atoms with Gasteiger partial charge in [-0.15, -0.1) is 0 Å². The maximum Gasteiger partial charge on any atom is 0.313 e. The van der Waals surface area contributed by atoms with Crippen LogP contribution < -0.4 is 0 Å². The number of unbranched alkanes of at least 4 members (excludes halogenated alkanes) is 28. The highest BCUT2D eigenvalue weighted by Gasteiger charge is 2.12. The summed E-state index contributed by atoms with van der Waals surface area (Å²) in [5.41, 5.74) is 0. The summed E-state index contributed by atoms with van der Waals surface area (Å²) in [6.45, 7) is 4.83. The fourth-order valence-corrected chi connectivity index (χ4v) is 6.46. The zero-order valence-corrected chi connectivity index (χ0v) is 33.7. The summed E-state index contributed by atoms with van der Waals surface area (Å²) >= 11 is 0. The lowest BCUT2D eigenvalue weighted by molar-refractivity contribution is -0.161. The molecule has 0 spiro atoms. The molecule has 0 amide bonds. The van der Waals surface area contributed by atoms with Gasteiger partial charge in [-0.2, -0.15) is 0 Å². The monoisotopic (exact) mass is 723 g/mol. The summed E-state index contributed by atoms with van der Waals surface area (Å²) in [6, 6.07) is 0. The van der Waals surface area contributed by atoms with E-state index < -0.39 is 11.9 Å². The van der Waals surface area contributed by atoms with Crippen LogP contribution in [0.25, 0.3) is 0 Å². The third-order valence-electron chi connectivity index (χ3n) is 9.77. The predicted molar refractivity (Wildman–Crippen MR) is 211 cm³/mol. The van der Waals surface area contributed by atoms with Crippen LogP contribution in [0.3, 0.4) is 0 Å². The molecule has 7 heteroatoms. The minimum absolute atomic E-state index is 0.0201. The second-order valence-corrected chi connectivity index (χ2v) is 14.9. The number of carbonyl (C=O) groups excluding carboxylic acids is 4. The van der Waals surface area contributed by atoms with Crippen molar-refractivity contribution >= 4 is 23.9 Å². The first-order valence-corrected chi connectivity index (χ1v) is 22.0. The summed E-state index contributed by atoms with van der Waals surface area (Å²) in [5.74, 6) is -1.71. The molecule has 0 aromatic heterocycles. The Morgan fingerprint density at radius 1 is 0.275 bits per heavy atom. The maximum atomic E-state index is 11.9. The Bertz CT molecular complexity index is 732. The van der Waals surface area contributed by atoms with Gasteiger partial charge in [-0.05, 0) is 25.7 Å². The number of esters is 4. The first kappa shape index (κ1) is 49.1. The Labute approximate surface area is 314 Å². The van der Waals surface area contributed by atoms with Crippen LogP contribution in [0.4, 0.5) is 0 Å². The van der Waals surface area contributed by atoms with Crippen LogP contribution >= 0.6 is 0 Å². The van der Waals surface area contributed by atoms with Gasteiger partial charge in [0.1, 0.15) is 0 Å². The quantitative estimate of drug-likeness (QED) is 0.0269. The normalized spacial score (nSPS) is 11.1. The van der Waals surface area contributed by atoms with Crippen LogP contribution in [0.15, 0.2) is 0 Å². The lowest BCUT2D eigenvalue weighted by Crippen LogP contribution is -2.14. The van der Waals surface area contributed by atoms with Gasteiger partial charge in [0.15, 0.2) is 0 Å². The highest BCUT2D eigenvalue weighted by Crippen LogP contribution is 2.15. The summed E-state index contributed by atoms with van der Waals surface area (Å²) in [7, 11) is 0. The van der Waals surface area contributed by atoms with Gasteiger partial charge in [0.05, 0.1) is 13.2 Å². The SMILES string of the molecule is CCCCCCCCCCCCCCCCCC(=O)OCCCC(=O)OC(=O)CCCOC(=O)CCCCCCCCCCCCCCCCC. The number of hydrogen-bond donors (Lipinski definition) is 0. The highest BCUT2D eigenvalue weighted by molar-refractivity contribution is 5.85. The molecule has 300 valence electrons. The van der Waals surface area contributed by atoms with E-state index in [0.29, 0.717) is 25.7 Å². The average molecular weight is 723 g/mol. The fraction of sp³-hybridized carbons (Fsp3) is 0.909. The van der Waals surface area contributed by atoms with Gasteiger partial charge in [0.2, 0.25) is 0 Å². The van der Waals surface area contributed by atoms with Crippen molar-refractivity contribution in [2.45, 2.75) is 245 Å². The molecule has 0 saturated carbocycles. The molecule has 0 aliphatic heterocycles. The van der Waals surface area contributed by atoms with Crippen LogP contribution in [-0.2, 0) is 33.4 Å². The molecular formula is C44H82O7. The summed E-state index contributed by atoms with van der Waals surface area (Å²) < 4.78 is 15.3. The van der Waals surface area contributed by atoms with Gasteiger partial charge in [-0.3, -0.25) is 19.2 Å². The van der Waals surface area contributed by atoms with Gasteiger partial charge in [-0.1, -0.05) is 194 Å². The van der Waals surface area contributed by atoms with E-state index in [1.54, 1.807) is 0 Å². The number of rotatable bonds is 40. The van der Waals surface area contributed by atoms with E-state index in [9.17, 15) is 19.2 Å². The second kappa shape index (κ2) is 40.8. The van der Waals surface area contributed by atoms with Gasteiger partial charge >= 0.3 is 23.9 Å². The largest absolute Gasteiger partial charge is 0.466 e. The number of hydrogen-bond acceptors (Lipinski definition) is 7. The standard InChI is InChI=1S/C44H82O7/c1-3-5-7-9-11-13-15-17-19-21-23-25-27-29-31-35-41(45)49-39-33-37-43(47)51-44(48)38-34-40-50-42(46)36-32-30-28-26-24-22-20-18-16-14-12-10-8-6-4-2/h3-40H2,1-2H3. The van der Waals surface area contributed by atoms with Crippen LogP contribution in [0.1, 0.15) is 245 Å². The van der Waals surface area contributed by atoms with E-state index in [1.807, 2.05) is 0 Å². The zero-order chi connectivity index (χ0) is 37.3.